The Morgan fingerprint density at radius 2 is 1.96 bits per heavy atom. The van der Waals surface area contributed by atoms with Crippen LogP contribution in [0.15, 0.2) is 36.5 Å². The lowest BCUT2D eigenvalue weighted by atomic mass is 10.1. The van der Waals surface area contributed by atoms with E-state index in [4.69, 9.17) is 28.9 Å². The minimum Gasteiger partial charge on any atom is -0.396 e. The van der Waals surface area contributed by atoms with E-state index in [1.165, 1.54) is 0 Å². The maximum Gasteiger partial charge on any atom is 0.254 e. The van der Waals surface area contributed by atoms with Gasteiger partial charge in [-0.1, -0.05) is 36.0 Å². The minimum absolute atomic E-state index is 0.0355. The molecule has 0 saturated heterocycles. The van der Waals surface area contributed by atoms with Crippen LogP contribution in [0.5, 0.6) is 0 Å². The molecule has 0 spiro atoms. The number of halogens is 1. The lowest BCUT2D eigenvalue weighted by Gasteiger charge is -2.11. The first-order chi connectivity index (χ1) is 13.5. The zero-order valence-corrected chi connectivity index (χ0v) is 17.5. The lowest BCUT2D eigenvalue weighted by molar-refractivity contribution is 0.0949. The molecule has 1 amide bonds. The number of benzene rings is 1. The van der Waals surface area contributed by atoms with Crippen LogP contribution in [0, 0.1) is 4.51 Å². The van der Waals surface area contributed by atoms with E-state index in [1.807, 2.05) is 22.8 Å². The molecule has 28 heavy (non-hydrogen) atoms. The summed E-state index contributed by atoms with van der Waals surface area (Å²) in [6, 6.07) is 9.27. The van der Waals surface area contributed by atoms with Crippen LogP contribution < -0.4 is 5.32 Å². The Kier molecular flexibility index (Phi) is 7.20. The molecule has 0 aliphatic heterocycles. The van der Waals surface area contributed by atoms with Gasteiger partial charge in [0.05, 0.1) is 16.7 Å². The highest BCUT2D eigenvalue weighted by Crippen LogP contribution is 2.29. The van der Waals surface area contributed by atoms with Gasteiger partial charge < -0.3 is 20.1 Å². The van der Waals surface area contributed by atoms with Crippen molar-refractivity contribution in [1.29, 1.82) is 0 Å². The number of hydrogen-bond donors (Lipinski definition) is 3. The highest BCUT2D eigenvalue weighted by atomic mass is 35.5. The van der Waals surface area contributed by atoms with Crippen molar-refractivity contribution in [3.63, 3.8) is 0 Å². The summed E-state index contributed by atoms with van der Waals surface area (Å²) < 4.78 is 2.37. The van der Waals surface area contributed by atoms with E-state index in [0.29, 0.717) is 34.6 Å². The molecule has 5 nitrogen and oxygen atoms in total. The number of fused-ring (bicyclic) bond motifs is 1. The number of nitrogens with zero attached hydrogens (tertiary/aromatic N) is 1. The summed E-state index contributed by atoms with van der Waals surface area (Å²) in [5.41, 5.74) is 1.35. The van der Waals surface area contributed by atoms with Crippen molar-refractivity contribution in [3.8, 4) is 0 Å². The zero-order chi connectivity index (χ0) is 20.1. The second kappa shape index (κ2) is 9.62. The summed E-state index contributed by atoms with van der Waals surface area (Å²) in [6.07, 6.45) is 3.14. The summed E-state index contributed by atoms with van der Waals surface area (Å²) in [4.78, 5) is 14.8. The summed E-state index contributed by atoms with van der Waals surface area (Å²) in [7, 11) is 0. The standard InChI is InChI=1S/C20H21ClN2O3S2/c21-14-5-3-13(4-6-14)11-22-19(26)17-12-23(7-9-25)20-16(18(17)27)10-15(28-20)2-1-8-24/h3-6,10,12,24-25H,1-2,7-9,11H2,(H,22,26). The second-order valence-corrected chi connectivity index (χ2v) is 8.32. The van der Waals surface area contributed by atoms with Gasteiger partial charge in [0.25, 0.3) is 5.91 Å². The van der Waals surface area contributed by atoms with E-state index >= 15 is 0 Å². The second-order valence-electron chi connectivity index (χ2n) is 6.36. The van der Waals surface area contributed by atoms with E-state index < -0.39 is 0 Å². The largest absolute Gasteiger partial charge is 0.396 e. The fourth-order valence-electron chi connectivity index (χ4n) is 2.92. The molecular weight excluding hydrogens is 416 g/mol. The van der Waals surface area contributed by atoms with Crippen LogP contribution in [0.1, 0.15) is 27.2 Å². The normalized spacial score (nSPS) is 11.1. The van der Waals surface area contributed by atoms with Gasteiger partial charge in [0.1, 0.15) is 4.83 Å². The number of aliphatic hydroxyl groups is 2. The first-order valence-electron chi connectivity index (χ1n) is 8.93. The predicted octanol–water partition coefficient (Wildman–Crippen LogP) is 3.93. The Morgan fingerprint density at radius 3 is 2.64 bits per heavy atom. The molecular formula is C20H21ClN2O3S2. The van der Waals surface area contributed by atoms with Crippen molar-refractivity contribution < 1.29 is 15.0 Å². The third-order valence-corrected chi connectivity index (χ3v) is 6.26. The molecule has 0 atom stereocenters. The number of carbonyl (C=O) groups excluding carboxylic acids is 1. The van der Waals surface area contributed by atoms with Crippen molar-refractivity contribution in [2.45, 2.75) is 25.9 Å². The molecule has 0 aliphatic rings. The molecule has 2 aromatic heterocycles. The Bertz CT molecular complexity index is 1030. The number of carbonyl (C=O) groups is 1. The number of hydrogen-bond acceptors (Lipinski definition) is 5. The predicted molar refractivity (Wildman–Crippen MR) is 116 cm³/mol. The van der Waals surface area contributed by atoms with Crippen molar-refractivity contribution in [2.24, 2.45) is 0 Å². The number of nitrogens with one attached hydrogen (secondary N) is 1. The average Bonchev–Trinajstić information content (AvgIpc) is 3.13. The van der Waals surface area contributed by atoms with Gasteiger partial charge in [-0.3, -0.25) is 4.79 Å². The van der Waals surface area contributed by atoms with Crippen molar-refractivity contribution in [1.82, 2.24) is 9.88 Å². The van der Waals surface area contributed by atoms with Crippen LogP contribution >= 0.6 is 35.2 Å². The minimum atomic E-state index is -0.253. The Hall–Kier alpha value is -1.77. The summed E-state index contributed by atoms with van der Waals surface area (Å²) in [5.74, 6) is -0.253. The van der Waals surface area contributed by atoms with Gasteiger partial charge in [-0.15, -0.1) is 11.3 Å². The number of thiophene rings is 1. The Morgan fingerprint density at radius 1 is 1.21 bits per heavy atom. The third kappa shape index (κ3) is 4.79. The van der Waals surface area contributed by atoms with Crippen molar-refractivity contribution >= 4 is 51.3 Å². The maximum absolute atomic E-state index is 12.8. The van der Waals surface area contributed by atoms with Crippen molar-refractivity contribution in [2.75, 3.05) is 13.2 Å². The van der Waals surface area contributed by atoms with Crippen LogP contribution in [0.25, 0.3) is 10.2 Å². The summed E-state index contributed by atoms with van der Waals surface area (Å²) in [6.45, 7) is 0.841. The van der Waals surface area contributed by atoms with E-state index in [0.717, 1.165) is 27.1 Å². The molecule has 3 N–H and O–H groups in total. The molecule has 1 aromatic carbocycles. The maximum atomic E-state index is 12.8. The number of aryl methyl sites for hydroxylation is 1. The lowest BCUT2D eigenvalue weighted by Crippen LogP contribution is -2.24. The van der Waals surface area contributed by atoms with E-state index in [-0.39, 0.29) is 19.1 Å². The monoisotopic (exact) mass is 436 g/mol. The fourth-order valence-corrected chi connectivity index (χ4v) is 4.61. The van der Waals surface area contributed by atoms with Gasteiger partial charge >= 0.3 is 0 Å². The first-order valence-corrected chi connectivity index (χ1v) is 10.5. The highest BCUT2D eigenvalue weighted by molar-refractivity contribution is 7.71. The molecule has 0 unspecified atom stereocenters. The Labute approximate surface area is 177 Å². The van der Waals surface area contributed by atoms with Crippen molar-refractivity contribution in [3.05, 3.63) is 62.1 Å². The molecule has 2 heterocycles. The van der Waals surface area contributed by atoms with Gasteiger partial charge in [0.2, 0.25) is 0 Å². The third-order valence-electron chi connectivity index (χ3n) is 4.33. The highest BCUT2D eigenvalue weighted by Gasteiger charge is 2.15. The van der Waals surface area contributed by atoms with Gasteiger partial charge in [0.15, 0.2) is 0 Å². The smallest absolute Gasteiger partial charge is 0.254 e. The number of aromatic nitrogens is 1. The van der Waals surface area contributed by atoms with Gasteiger partial charge in [-0.05, 0) is 36.6 Å². The van der Waals surface area contributed by atoms with Crippen LogP contribution in [0.4, 0.5) is 0 Å². The number of pyridine rings is 1. The molecule has 0 bridgehead atoms. The average molecular weight is 437 g/mol. The van der Waals surface area contributed by atoms with Gasteiger partial charge in [-0.25, -0.2) is 0 Å². The molecule has 0 fully saturated rings. The van der Waals surface area contributed by atoms with Crippen LogP contribution in [-0.4, -0.2) is 33.9 Å². The number of amides is 1. The summed E-state index contributed by atoms with van der Waals surface area (Å²) >= 11 is 13.1. The van der Waals surface area contributed by atoms with E-state index in [9.17, 15) is 9.90 Å². The van der Waals surface area contributed by atoms with Crippen LogP contribution in [0.3, 0.4) is 0 Å². The molecule has 0 radical (unpaired) electrons. The molecule has 148 valence electrons. The SMILES string of the molecule is O=C(NCc1ccc(Cl)cc1)c1cn(CCO)c2sc(CCCO)cc2c1=S. The number of aliphatic hydroxyl groups excluding tert-OH is 2. The molecule has 0 saturated carbocycles. The molecule has 3 aromatic rings. The number of rotatable bonds is 8. The summed E-state index contributed by atoms with van der Waals surface area (Å²) in [5, 5.41) is 22.9. The fraction of sp³-hybridized carbons (Fsp3) is 0.300. The Balaban J connectivity index is 1.90. The zero-order valence-electron chi connectivity index (χ0n) is 15.2. The molecule has 8 heteroatoms. The quantitative estimate of drug-likeness (QED) is 0.468. The van der Waals surface area contributed by atoms with Gasteiger partial charge in [-0.2, -0.15) is 0 Å². The van der Waals surface area contributed by atoms with E-state index in [1.54, 1.807) is 29.7 Å². The molecule has 0 aliphatic carbocycles. The van der Waals surface area contributed by atoms with E-state index in [2.05, 4.69) is 5.32 Å². The van der Waals surface area contributed by atoms with Crippen LogP contribution in [0.2, 0.25) is 5.02 Å². The topological polar surface area (TPSA) is 74.5 Å². The first kappa shape index (κ1) is 21.0. The van der Waals surface area contributed by atoms with Crippen LogP contribution in [-0.2, 0) is 19.5 Å². The van der Waals surface area contributed by atoms with Gasteiger partial charge in [0, 0.05) is 41.2 Å². The molecule has 3 rings (SSSR count).